The Balaban J connectivity index is 3.38. The van der Waals surface area contributed by atoms with E-state index < -0.39 is 0 Å². The van der Waals surface area contributed by atoms with E-state index in [9.17, 15) is 0 Å². The van der Waals surface area contributed by atoms with Crippen LogP contribution in [-0.2, 0) is 0 Å². The van der Waals surface area contributed by atoms with E-state index in [2.05, 4.69) is 20.8 Å². The zero-order valence-electron chi connectivity index (χ0n) is 6.89. The molecule has 0 saturated heterocycles. The first-order valence-electron chi connectivity index (χ1n) is 3.51. The Morgan fingerprint density at radius 2 is 1.78 bits per heavy atom. The molecular weight excluding hydrogens is 112 g/mol. The van der Waals surface area contributed by atoms with Gasteiger partial charge in [0.15, 0.2) is 0 Å². The van der Waals surface area contributed by atoms with Crippen LogP contribution in [0, 0.1) is 5.92 Å². The molecule has 2 nitrogen and oxygen atoms in total. The lowest BCUT2D eigenvalue weighted by atomic mass is 10.1. The van der Waals surface area contributed by atoms with Crippen molar-refractivity contribution in [3.63, 3.8) is 0 Å². The molecule has 0 radical (unpaired) electrons. The van der Waals surface area contributed by atoms with Crippen LogP contribution >= 0.6 is 0 Å². The van der Waals surface area contributed by atoms with Gasteiger partial charge in [-0.25, -0.2) is 5.01 Å². The van der Waals surface area contributed by atoms with E-state index in [0.717, 1.165) is 5.92 Å². The third-order valence-corrected chi connectivity index (χ3v) is 1.51. The predicted octanol–water partition coefficient (Wildman–Crippen LogP) is 1.23. The molecule has 0 spiro atoms. The second kappa shape index (κ2) is 3.85. The molecule has 0 aliphatic rings. The minimum atomic E-state index is 0.505. The number of rotatable bonds is 3. The fourth-order valence-electron chi connectivity index (χ4n) is 0.848. The van der Waals surface area contributed by atoms with E-state index in [4.69, 9.17) is 5.84 Å². The second-order valence-corrected chi connectivity index (χ2v) is 3.14. The number of nitrogens with zero attached hydrogens (tertiary/aromatic N) is 1. The molecule has 2 N–H and O–H groups in total. The van der Waals surface area contributed by atoms with Crippen LogP contribution in [0.4, 0.5) is 0 Å². The summed E-state index contributed by atoms with van der Waals surface area (Å²) in [7, 11) is 1.91. The fraction of sp³-hybridized carbons (Fsp3) is 1.00. The highest BCUT2D eigenvalue weighted by atomic mass is 15.4. The number of hydrogen-bond donors (Lipinski definition) is 1. The van der Waals surface area contributed by atoms with Gasteiger partial charge in [-0.1, -0.05) is 13.8 Å². The lowest BCUT2D eigenvalue weighted by Gasteiger charge is -2.20. The van der Waals surface area contributed by atoms with Crippen LogP contribution < -0.4 is 5.84 Å². The quantitative estimate of drug-likeness (QED) is 0.460. The van der Waals surface area contributed by atoms with E-state index >= 15 is 0 Å². The Labute approximate surface area is 58.0 Å². The Hall–Kier alpha value is -0.0800. The smallest absolute Gasteiger partial charge is 0.0212 e. The van der Waals surface area contributed by atoms with Crippen LogP contribution in [0.25, 0.3) is 0 Å². The number of hydrogen-bond acceptors (Lipinski definition) is 2. The zero-order valence-corrected chi connectivity index (χ0v) is 6.89. The SMILES string of the molecule is CC(C)CC(C)N(C)N. The third-order valence-electron chi connectivity index (χ3n) is 1.51. The van der Waals surface area contributed by atoms with Gasteiger partial charge in [-0.3, -0.25) is 5.84 Å². The Kier molecular flexibility index (Phi) is 3.82. The average Bonchev–Trinajstić information content (AvgIpc) is 1.63. The molecule has 2 heteroatoms. The molecule has 0 bridgehead atoms. The van der Waals surface area contributed by atoms with E-state index in [1.165, 1.54) is 6.42 Å². The molecule has 0 aliphatic heterocycles. The highest BCUT2D eigenvalue weighted by Gasteiger charge is 2.05. The van der Waals surface area contributed by atoms with Crippen LogP contribution in [0.15, 0.2) is 0 Å². The van der Waals surface area contributed by atoms with E-state index in [1.54, 1.807) is 5.01 Å². The second-order valence-electron chi connectivity index (χ2n) is 3.14. The van der Waals surface area contributed by atoms with Crippen molar-refractivity contribution >= 4 is 0 Å². The van der Waals surface area contributed by atoms with E-state index in [-0.39, 0.29) is 0 Å². The highest BCUT2D eigenvalue weighted by Crippen LogP contribution is 2.05. The average molecular weight is 130 g/mol. The van der Waals surface area contributed by atoms with E-state index in [1.807, 2.05) is 7.05 Å². The molecule has 1 atom stereocenters. The van der Waals surface area contributed by atoms with Crippen LogP contribution in [-0.4, -0.2) is 18.1 Å². The molecule has 0 amide bonds. The summed E-state index contributed by atoms with van der Waals surface area (Å²) in [5, 5.41) is 1.76. The van der Waals surface area contributed by atoms with Crippen molar-refractivity contribution in [3.05, 3.63) is 0 Å². The summed E-state index contributed by atoms with van der Waals surface area (Å²) in [4.78, 5) is 0. The lowest BCUT2D eigenvalue weighted by molar-refractivity contribution is 0.234. The summed E-state index contributed by atoms with van der Waals surface area (Å²) >= 11 is 0. The molecule has 1 unspecified atom stereocenters. The maximum Gasteiger partial charge on any atom is 0.0212 e. The van der Waals surface area contributed by atoms with Crippen molar-refractivity contribution in [1.82, 2.24) is 5.01 Å². The van der Waals surface area contributed by atoms with Gasteiger partial charge in [0, 0.05) is 13.1 Å². The van der Waals surface area contributed by atoms with Crippen molar-refractivity contribution in [1.29, 1.82) is 0 Å². The maximum absolute atomic E-state index is 5.52. The number of hydrazine groups is 1. The van der Waals surface area contributed by atoms with Crippen molar-refractivity contribution in [3.8, 4) is 0 Å². The Morgan fingerprint density at radius 1 is 1.33 bits per heavy atom. The predicted molar refractivity (Wildman–Crippen MR) is 40.9 cm³/mol. The normalized spacial score (nSPS) is 15.0. The van der Waals surface area contributed by atoms with Crippen molar-refractivity contribution in [2.45, 2.75) is 33.2 Å². The van der Waals surface area contributed by atoms with Crippen molar-refractivity contribution in [2.24, 2.45) is 11.8 Å². The Bertz CT molecular complexity index is 69.3. The summed E-state index contributed by atoms with van der Waals surface area (Å²) in [5.74, 6) is 6.26. The largest absolute Gasteiger partial charge is 0.269 e. The van der Waals surface area contributed by atoms with Gasteiger partial charge in [-0.05, 0) is 19.3 Å². The van der Waals surface area contributed by atoms with Crippen LogP contribution in [0.5, 0.6) is 0 Å². The van der Waals surface area contributed by atoms with Gasteiger partial charge >= 0.3 is 0 Å². The van der Waals surface area contributed by atoms with E-state index in [0.29, 0.717) is 6.04 Å². The van der Waals surface area contributed by atoms with Crippen molar-refractivity contribution in [2.75, 3.05) is 7.05 Å². The molecule has 0 saturated carbocycles. The van der Waals surface area contributed by atoms with Gasteiger partial charge in [0.25, 0.3) is 0 Å². The zero-order chi connectivity index (χ0) is 7.44. The van der Waals surface area contributed by atoms with Gasteiger partial charge in [-0.15, -0.1) is 0 Å². The Morgan fingerprint density at radius 3 is 1.89 bits per heavy atom. The van der Waals surface area contributed by atoms with Crippen LogP contribution in [0.3, 0.4) is 0 Å². The minimum absolute atomic E-state index is 0.505. The standard InChI is InChI=1S/C7H18N2/c1-6(2)5-7(3)9(4)8/h6-7H,5,8H2,1-4H3. The monoisotopic (exact) mass is 130 g/mol. The molecule has 0 heterocycles. The summed E-state index contributed by atoms with van der Waals surface area (Å²) in [6.45, 7) is 6.56. The molecule has 0 aromatic heterocycles. The van der Waals surface area contributed by atoms with Gasteiger partial charge in [0.1, 0.15) is 0 Å². The molecule has 0 rings (SSSR count). The molecule has 0 aromatic carbocycles. The molecule has 0 fully saturated rings. The molecule has 0 aromatic rings. The molecule has 9 heavy (non-hydrogen) atoms. The first-order chi connectivity index (χ1) is 4.04. The number of nitrogens with two attached hydrogens (primary N) is 1. The van der Waals surface area contributed by atoms with Crippen molar-refractivity contribution < 1.29 is 0 Å². The van der Waals surface area contributed by atoms with Gasteiger partial charge in [-0.2, -0.15) is 0 Å². The summed E-state index contributed by atoms with van der Waals surface area (Å²) in [5.41, 5.74) is 0. The summed E-state index contributed by atoms with van der Waals surface area (Å²) < 4.78 is 0. The van der Waals surface area contributed by atoms with Gasteiger partial charge in [0.2, 0.25) is 0 Å². The molecule has 0 aliphatic carbocycles. The van der Waals surface area contributed by atoms with Gasteiger partial charge in [0.05, 0.1) is 0 Å². The highest BCUT2D eigenvalue weighted by molar-refractivity contribution is 4.59. The topological polar surface area (TPSA) is 29.3 Å². The minimum Gasteiger partial charge on any atom is -0.269 e. The fourth-order valence-corrected chi connectivity index (χ4v) is 0.848. The van der Waals surface area contributed by atoms with Gasteiger partial charge < -0.3 is 0 Å². The third kappa shape index (κ3) is 4.43. The molecule has 56 valence electrons. The van der Waals surface area contributed by atoms with Crippen LogP contribution in [0.1, 0.15) is 27.2 Å². The maximum atomic E-state index is 5.52. The van der Waals surface area contributed by atoms with Crippen LogP contribution in [0.2, 0.25) is 0 Å². The first kappa shape index (κ1) is 8.92. The summed E-state index contributed by atoms with van der Waals surface area (Å²) in [6, 6.07) is 0.505. The lowest BCUT2D eigenvalue weighted by Crippen LogP contribution is -2.35. The first-order valence-corrected chi connectivity index (χ1v) is 3.51. The molecular formula is C7H18N2. The summed E-state index contributed by atoms with van der Waals surface area (Å²) in [6.07, 6.45) is 1.17.